The molecule has 2 atom stereocenters. The van der Waals surface area contributed by atoms with Gasteiger partial charge in [-0.1, -0.05) is 0 Å². The molecule has 2 unspecified atom stereocenters. The van der Waals surface area contributed by atoms with Crippen LogP contribution in [-0.2, 0) is 14.8 Å². The van der Waals surface area contributed by atoms with Gasteiger partial charge in [-0.2, -0.15) is 15.6 Å². The lowest BCUT2D eigenvalue weighted by atomic mass is 10.0. The molecule has 2 saturated heterocycles. The Hall–Kier alpha value is -0.960. The van der Waals surface area contributed by atoms with Crippen LogP contribution in [0.5, 0.6) is 0 Å². The minimum atomic E-state index is -3.24. The van der Waals surface area contributed by atoms with Gasteiger partial charge in [0.05, 0.1) is 30.6 Å². The lowest BCUT2D eigenvalue weighted by molar-refractivity contribution is -0.0406. The van der Waals surface area contributed by atoms with Crippen LogP contribution >= 0.6 is 11.3 Å². The van der Waals surface area contributed by atoms with Crippen LogP contribution in [0.1, 0.15) is 23.2 Å². The Balaban J connectivity index is 1.75. The number of hydrogen-bond acceptors (Lipinski definition) is 5. The fraction of sp³-hybridized carbons (Fsp3) is 0.643. The second-order valence-corrected chi connectivity index (χ2v) is 8.45. The van der Waals surface area contributed by atoms with Gasteiger partial charge in [0.2, 0.25) is 10.0 Å². The van der Waals surface area contributed by atoms with Crippen LogP contribution in [0.4, 0.5) is 0 Å². The third-order valence-electron chi connectivity index (χ3n) is 4.30. The second kappa shape index (κ2) is 6.27. The van der Waals surface area contributed by atoms with E-state index in [2.05, 4.69) is 0 Å². The predicted octanol–water partition coefficient (Wildman–Crippen LogP) is 1.01. The van der Waals surface area contributed by atoms with Gasteiger partial charge in [0.25, 0.3) is 5.91 Å². The summed E-state index contributed by atoms with van der Waals surface area (Å²) < 4.78 is 31.2. The average molecular weight is 344 g/mol. The Bertz CT molecular complexity index is 629. The van der Waals surface area contributed by atoms with Crippen molar-refractivity contribution in [3.8, 4) is 0 Å². The van der Waals surface area contributed by atoms with E-state index in [1.807, 2.05) is 21.7 Å². The molecule has 0 spiro atoms. The maximum absolute atomic E-state index is 12.5. The van der Waals surface area contributed by atoms with Crippen LogP contribution in [0.3, 0.4) is 0 Å². The van der Waals surface area contributed by atoms with Gasteiger partial charge in [-0.3, -0.25) is 4.79 Å². The number of nitrogens with zero attached hydrogens (tertiary/aromatic N) is 2. The molecule has 1 aromatic rings. The monoisotopic (exact) mass is 344 g/mol. The van der Waals surface area contributed by atoms with E-state index in [-0.39, 0.29) is 18.1 Å². The SMILES string of the molecule is CS(=O)(=O)N1CCOC2CCN(C(=O)c3ccsc3)CCC21. The molecule has 0 bridgehead atoms. The van der Waals surface area contributed by atoms with E-state index < -0.39 is 10.0 Å². The zero-order chi connectivity index (χ0) is 15.7. The van der Waals surface area contributed by atoms with Crippen molar-refractivity contribution in [1.29, 1.82) is 0 Å². The highest BCUT2D eigenvalue weighted by atomic mass is 32.2. The first-order valence-corrected chi connectivity index (χ1v) is 10.2. The summed E-state index contributed by atoms with van der Waals surface area (Å²) in [6.45, 7) is 1.99. The van der Waals surface area contributed by atoms with Crippen molar-refractivity contribution in [3.63, 3.8) is 0 Å². The van der Waals surface area contributed by atoms with Crippen LogP contribution < -0.4 is 0 Å². The first-order valence-electron chi connectivity index (χ1n) is 7.37. The van der Waals surface area contributed by atoms with Crippen molar-refractivity contribution in [1.82, 2.24) is 9.21 Å². The molecule has 2 aliphatic rings. The van der Waals surface area contributed by atoms with Gasteiger partial charge >= 0.3 is 0 Å². The maximum atomic E-state index is 12.5. The van der Waals surface area contributed by atoms with Gasteiger partial charge in [0.15, 0.2) is 0 Å². The molecule has 6 nitrogen and oxygen atoms in total. The number of ether oxygens (including phenoxy) is 1. The number of carbonyl (C=O) groups excluding carboxylic acids is 1. The molecule has 22 heavy (non-hydrogen) atoms. The standard InChI is InChI=1S/C14H20N2O4S2/c1-22(18,19)16-7-8-20-13-3-6-15(5-2-12(13)16)14(17)11-4-9-21-10-11/h4,9-10,12-13H,2-3,5-8H2,1H3. The number of fused-ring (bicyclic) bond motifs is 1. The average Bonchev–Trinajstić information content (AvgIpc) is 2.92. The summed E-state index contributed by atoms with van der Waals surface area (Å²) in [7, 11) is -3.24. The molecule has 8 heteroatoms. The number of thiophene rings is 1. The van der Waals surface area contributed by atoms with E-state index >= 15 is 0 Å². The van der Waals surface area contributed by atoms with Crippen molar-refractivity contribution < 1.29 is 17.9 Å². The quantitative estimate of drug-likeness (QED) is 0.803. The molecule has 3 heterocycles. The van der Waals surface area contributed by atoms with Gasteiger partial charge in [-0.25, -0.2) is 8.42 Å². The van der Waals surface area contributed by atoms with Gasteiger partial charge in [0, 0.05) is 25.0 Å². The van der Waals surface area contributed by atoms with Crippen LogP contribution in [0.2, 0.25) is 0 Å². The molecule has 1 aromatic heterocycles. The van der Waals surface area contributed by atoms with Crippen molar-refractivity contribution in [2.24, 2.45) is 0 Å². The van der Waals surface area contributed by atoms with E-state index in [0.717, 1.165) is 0 Å². The molecule has 1 amide bonds. The van der Waals surface area contributed by atoms with Crippen LogP contribution in [0.15, 0.2) is 16.8 Å². The van der Waals surface area contributed by atoms with E-state index in [9.17, 15) is 13.2 Å². The van der Waals surface area contributed by atoms with E-state index in [0.29, 0.717) is 44.6 Å². The normalized spacial score (nSPS) is 27.2. The molecular formula is C14H20N2O4S2. The van der Waals surface area contributed by atoms with Crippen molar-refractivity contribution in [3.05, 3.63) is 22.4 Å². The Morgan fingerprint density at radius 3 is 2.77 bits per heavy atom. The number of hydrogen-bond donors (Lipinski definition) is 0. The minimum absolute atomic E-state index is 0.0193. The van der Waals surface area contributed by atoms with Crippen LogP contribution in [0, 0.1) is 0 Å². The highest BCUT2D eigenvalue weighted by molar-refractivity contribution is 7.88. The maximum Gasteiger partial charge on any atom is 0.254 e. The van der Waals surface area contributed by atoms with Gasteiger partial charge < -0.3 is 9.64 Å². The van der Waals surface area contributed by atoms with Crippen molar-refractivity contribution in [2.75, 3.05) is 32.5 Å². The highest BCUT2D eigenvalue weighted by Crippen LogP contribution is 2.26. The molecule has 2 fully saturated rings. The summed E-state index contributed by atoms with van der Waals surface area (Å²) in [5.41, 5.74) is 0.704. The predicted molar refractivity (Wildman–Crippen MR) is 84.5 cm³/mol. The summed E-state index contributed by atoms with van der Waals surface area (Å²) in [6, 6.07) is 1.66. The third-order valence-corrected chi connectivity index (χ3v) is 6.29. The highest BCUT2D eigenvalue weighted by Gasteiger charge is 2.39. The fourth-order valence-electron chi connectivity index (χ4n) is 3.23. The Kier molecular flexibility index (Phi) is 4.54. The fourth-order valence-corrected chi connectivity index (χ4v) is 5.00. The lowest BCUT2D eigenvalue weighted by Gasteiger charge is -2.38. The molecule has 3 rings (SSSR count). The van der Waals surface area contributed by atoms with Gasteiger partial charge in [-0.15, -0.1) is 0 Å². The molecule has 0 N–H and O–H groups in total. The first-order chi connectivity index (χ1) is 10.5. The number of sulfonamides is 1. The van der Waals surface area contributed by atoms with Gasteiger partial charge in [0.1, 0.15) is 0 Å². The molecule has 0 aromatic carbocycles. The molecule has 0 aliphatic carbocycles. The topological polar surface area (TPSA) is 66.9 Å². The van der Waals surface area contributed by atoms with Gasteiger partial charge in [-0.05, 0) is 24.3 Å². The number of carbonyl (C=O) groups is 1. The molecule has 2 aliphatic heterocycles. The molecule has 122 valence electrons. The summed E-state index contributed by atoms with van der Waals surface area (Å²) in [6.07, 6.45) is 2.41. The number of morpholine rings is 1. The Morgan fingerprint density at radius 2 is 2.09 bits per heavy atom. The first kappa shape index (κ1) is 15.9. The summed E-state index contributed by atoms with van der Waals surface area (Å²) in [5.74, 6) is 0.0193. The van der Waals surface area contributed by atoms with Crippen LogP contribution in [-0.4, -0.2) is 68.2 Å². The summed E-state index contributed by atoms with van der Waals surface area (Å²) >= 11 is 1.50. The van der Waals surface area contributed by atoms with Crippen molar-refractivity contribution in [2.45, 2.75) is 25.0 Å². The minimum Gasteiger partial charge on any atom is -0.375 e. The largest absolute Gasteiger partial charge is 0.375 e. The summed E-state index contributed by atoms with van der Waals surface area (Å²) in [4.78, 5) is 14.3. The number of amides is 1. The molecule has 0 radical (unpaired) electrons. The Morgan fingerprint density at radius 1 is 1.32 bits per heavy atom. The van der Waals surface area contributed by atoms with E-state index in [1.54, 1.807) is 4.31 Å². The smallest absolute Gasteiger partial charge is 0.254 e. The van der Waals surface area contributed by atoms with E-state index in [4.69, 9.17) is 4.74 Å². The third kappa shape index (κ3) is 3.19. The number of likely N-dealkylation sites (tertiary alicyclic amines) is 1. The zero-order valence-corrected chi connectivity index (χ0v) is 14.1. The Labute approximate surface area is 134 Å². The van der Waals surface area contributed by atoms with Crippen molar-refractivity contribution >= 4 is 27.3 Å². The van der Waals surface area contributed by atoms with E-state index in [1.165, 1.54) is 17.6 Å². The second-order valence-electron chi connectivity index (χ2n) is 5.73. The molecular weight excluding hydrogens is 324 g/mol. The molecule has 0 saturated carbocycles. The lowest BCUT2D eigenvalue weighted by Crippen LogP contribution is -2.53. The zero-order valence-electron chi connectivity index (χ0n) is 12.5. The summed E-state index contributed by atoms with van der Waals surface area (Å²) in [5, 5.41) is 3.74. The van der Waals surface area contributed by atoms with Crippen LogP contribution in [0.25, 0.3) is 0 Å². The number of rotatable bonds is 2.